The third kappa shape index (κ3) is 7.18. The minimum absolute atomic E-state index is 0.0135. The number of likely N-dealkylation sites (N-methyl/N-ethyl adjacent to an activating group) is 1. The summed E-state index contributed by atoms with van der Waals surface area (Å²) in [6, 6.07) is 7.67. The number of thioether (sulfide) groups is 1. The first-order valence-electron chi connectivity index (χ1n) is 7.31. The van der Waals surface area contributed by atoms with E-state index in [9.17, 15) is 9.59 Å². The molecule has 0 aliphatic carbocycles. The zero-order valence-corrected chi connectivity index (χ0v) is 14.8. The van der Waals surface area contributed by atoms with Crippen molar-refractivity contribution in [1.29, 1.82) is 0 Å². The van der Waals surface area contributed by atoms with Gasteiger partial charge in [-0.1, -0.05) is 23.7 Å². The van der Waals surface area contributed by atoms with Crippen LogP contribution in [0.1, 0.15) is 26.3 Å². The van der Waals surface area contributed by atoms with Gasteiger partial charge < -0.3 is 10.2 Å². The highest BCUT2D eigenvalue weighted by molar-refractivity contribution is 7.99. The van der Waals surface area contributed by atoms with E-state index in [1.54, 1.807) is 4.90 Å². The lowest BCUT2D eigenvalue weighted by Gasteiger charge is -2.21. The molecule has 0 atom stereocenters. The van der Waals surface area contributed by atoms with Crippen LogP contribution < -0.4 is 5.32 Å². The molecule has 122 valence electrons. The van der Waals surface area contributed by atoms with Gasteiger partial charge >= 0.3 is 0 Å². The highest BCUT2D eigenvalue weighted by Gasteiger charge is 2.15. The molecule has 0 saturated carbocycles. The van der Waals surface area contributed by atoms with Gasteiger partial charge in [0.2, 0.25) is 11.8 Å². The molecule has 1 rings (SSSR count). The van der Waals surface area contributed by atoms with E-state index in [1.807, 2.05) is 45.0 Å². The fraction of sp³-hybridized carbons (Fsp3) is 0.500. The number of halogens is 1. The number of carbonyl (C=O) groups excluding carboxylic acids is 2. The lowest BCUT2D eigenvalue weighted by molar-refractivity contribution is -0.134. The van der Waals surface area contributed by atoms with E-state index in [4.69, 9.17) is 11.6 Å². The number of amides is 2. The van der Waals surface area contributed by atoms with E-state index in [1.165, 1.54) is 11.8 Å². The third-order valence-electron chi connectivity index (χ3n) is 2.93. The van der Waals surface area contributed by atoms with Crippen LogP contribution in [0, 0.1) is 0 Å². The van der Waals surface area contributed by atoms with Gasteiger partial charge in [0.25, 0.3) is 0 Å². The molecule has 0 spiro atoms. The van der Waals surface area contributed by atoms with Gasteiger partial charge in [-0.3, -0.25) is 9.59 Å². The molecular formula is C16H23ClN2O2S. The Morgan fingerprint density at radius 3 is 2.45 bits per heavy atom. The number of nitrogens with zero attached hydrogens (tertiary/aromatic N) is 1. The largest absolute Gasteiger partial charge is 0.352 e. The van der Waals surface area contributed by atoms with Crippen LogP contribution in [0.5, 0.6) is 0 Å². The highest BCUT2D eigenvalue weighted by atomic mass is 35.5. The fourth-order valence-electron chi connectivity index (χ4n) is 1.85. The molecule has 0 aliphatic heterocycles. The van der Waals surface area contributed by atoms with Crippen molar-refractivity contribution in [2.24, 2.45) is 0 Å². The lowest BCUT2D eigenvalue weighted by Crippen LogP contribution is -2.43. The van der Waals surface area contributed by atoms with Crippen LogP contribution in [0.2, 0.25) is 5.02 Å². The average Bonchev–Trinajstić information content (AvgIpc) is 2.46. The molecule has 0 fully saturated rings. The number of hydrogen-bond acceptors (Lipinski definition) is 3. The predicted octanol–water partition coefficient (Wildman–Crippen LogP) is 2.95. The number of benzene rings is 1. The molecule has 0 aliphatic rings. The highest BCUT2D eigenvalue weighted by Crippen LogP contribution is 2.15. The van der Waals surface area contributed by atoms with Crippen molar-refractivity contribution in [3.05, 3.63) is 34.9 Å². The van der Waals surface area contributed by atoms with Crippen molar-refractivity contribution in [2.45, 2.75) is 32.6 Å². The van der Waals surface area contributed by atoms with Crippen molar-refractivity contribution < 1.29 is 9.59 Å². The first-order valence-corrected chi connectivity index (χ1v) is 8.85. The van der Waals surface area contributed by atoms with Gasteiger partial charge in [-0.15, -0.1) is 11.8 Å². The third-order valence-corrected chi connectivity index (χ3v) is 4.17. The minimum Gasteiger partial charge on any atom is -0.352 e. The second-order valence-electron chi connectivity index (χ2n) is 5.25. The molecule has 22 heavy (non-hydrogen) atoms. The summed E-state index contributed by atoms with van der Waals surface area (Å²) >= 11 is 7.37. The van der Waals surface area contributed by atoms with Crippen LogP contribution >= 0.6 is 23.4 Å². The van der Waals surface area contributed by atoms with E-state index in [2.05, 4.69) is 5.32 Å². The Labute approximate surface area is 141 Å². The first-order chi connectivity index (χ1) is 10.4. The maximum absolute atomic E-state index is 12.1. The van der Waals surface area contributed by atoms with Crippen LogP contribution in [0.4, 0.5) is 0 Å². The van der Waals surface area contributed by atoms with Gasteiger partial charge in [-0.05, 0) is 38.5 Å². The van der Waals surface area contributed by atoms with Crippen LogP contribution in [0.15, 0.2) is 24.3 Å². The Morgan fingerprint density at radius 1 is 1.27 bits per heavy atom. The van der Waals surface area contributed by atoms with Gasteiger partial charge in [-0.2, -0.15) is 0 Å². The van der Waals surface area contributed by atoms with Gasteiger partial charge in [0, 0.05) is 23.4 Å². The van der Waals surface area contributed by atoms with Gasteiger partial charge in [0.15, 0.2) is 0 Å². The number of hydrogen-bond donors (Lipinski definition) is 1. The second kappa shape index (κ2) is 9.74. The van der Waals surface area contributed by atoms with Crippen LogP contribution in [-0.2, 0) is 15.3 Å². The zero-order chi connectivity index (χ0) is 16.5. The summed E-state index contributed by atoms with van der Waals surface area (Å²) < 4.78 is 0. The van der Waals surface area contributed by atoms with E-state index >= 15 is 0 Å². The second-order valence-corrected chi connectivity index (χ2v) is 6.67. The fourth-order valence-corrected chi connectivity index (χ4v) is 2.86. The van der Waals surface area contributed by atoms with Crippen molar-refractivity contribution >= 4 is 35.2 Å². The van der Waals surface area contributed by atoms with Crippen LogP contribution in [0.3, 0.4) is 0 Å². The quantitative estimate of drug-likeness (QED) is 0.790. The summed E-state index contributed by atoms with van der Waals surface area (Å²) in [6.45, 7) is 6.33. The summed E-state index contributed by atoms with van der Waals surface area (Å²) in [5, 5.41) is 3.50. The standard InChI is InChI=1S/C16H23ClN2O2S/c1-4-19(9-15(20)18-12(2)3)16(21)11-22-10-13-5-7-14(17)8-6-13/h5-8,12H,4,9-11H2,1-3H3,(H,18,20). The smallest absolute Gasteiger partial charge is 0.239 e. The molecule has 0 unspecified atom stereocenters. The maximum Gasteiger partial charge on any atom is 0.239 e. The van der Waals surface area contributed by atoms with Gasteiger partial charge in [0.1, 0.15) is 0 Å². The molecule has 0 saturated heterocycles. The molecule has 0 bridgehead atoms. The Kier molecular flexibility index (Phi) is 8.35. The molecule has 6 heteroatoms. The molecule has 1 aromatic rings. The monoisotopic (exact) mass is 342 g/mol. The molecule has 0 radical (unpaired) electrons. The summed E-state index contributed by atoms with van der Waals surface area (Å²) in [6.07, 6.45) is 0. The van der Waals surface area contributed by atoms with Crippen molar-refractivity contribution in [3.63, 3.8) is 0 Å². The SMILES string of the molecule is CCN(CC(=O)NC(C)C)C(=O)CSCc1ccc(Cl)cc1. The topological polar surface area (TPSA) is 49.4 Å². The predicted molar refractivity (Wildman–Crippen MR) is 93.1 cm³/mol. The first kappa shape index (κ1) is 18.8. The number of carbonyl (C=O) groups is 2. The van der Waals surface area contributed by atoms with Crippen LogP contribution in [-0.4, -0.2) is 41.6 Å². The van der Waals surface area contributed by atoms with E-state index in [0.29, 0.717) is 17.3 Å². The Morgan fingerprint density at radius 2 is 1.91 bits per heavy atom. The summed E-state index contributed by atoms with van der Waals surface area (Å²) in [4.78, 5) is 25.4. The molecule has 1 N–H and O–H groups in total. The molecule has 0 heterocycles. The Balaban J connectivity index is 2.38. The Bertz CT molecular complexity index is 491. The lowest BCUT2D eigenvalue weighted by atomic mass is 10.2. The molecule has 1 aromatic carbocycles. The Hall–Kier alpha value is -1.20. The number of nitrogens with one attached hydrogen (secondary N) is 1. The molecule has 0 aromatic heterocycles. The number of rotatable bonds is 8. The van der Waals surface area contributed by atoms with Crippen molar-refractivity contribution in [1.82, 2.24) is 10.2 Å². The van der Waals surface area contributed by atoms with E-state index in [-0.39, 0.29) is 24.4 Å². The summed E-state index contributed by atoms with van der Waals surface area (Å²) in [7, 11) is 0. The van der Waals surface area contributed by atoms with Gasteiger partial charge in [-0.25, -0.2) is 0 Å². The van der Waals surface area contributed by atoms with Gasteiger partial charge in [0.05, 0.1) is 12.3 Å². The van der Waals surface area contributed by atoms with Crippen molar-refractivity contribution in [2.75, 3.05) is 18.8 Å². The summed E-state index contributed by atoms with van der Waals surface area (Å²) in [5.41, 5.74) is 1.13. The maximum atomic E-state index is 12.1. The normalized spacial score (nSPS) is 10.6. The molecule has 4 nitrogen and oxygen atoms in total. The van der Waals surface area contributed by atoms with Crippen molar-refractivity contribution in [3.8, 4) is 0 Å². The summed E-state index contributed by atoms with van der Waals surface area (Å²) in [5.74, 6) is 0.984. The van der Waals surface area contributed by atoms with E-state index in [0.717, 1.165) is 11.3 Å². The minimum atomic E-state index is -0.118. The van der Waals surface area contributed by atoms with E-state index < -0.39 is 0 Å². The zero-order valence-electron chi connectivity index (χ0n) is 13.3. The van der Waals surface area contributed by atoms with Crippen LogP contribution in [0.25, 0.3) is 0 Å². The molecule has 2 amide bonds. The average molecular weight is 343 g/mol. The molecular weight excluding hydrogens is 320 g/mol.